The number of benzene rings is 5. The highest BCUT2D eigenvalue weighted by Crippen LogP contribution is 2.41. The number of rotatable bonds is 3. The maximum atomic E-state index is 6.46. The second-order valence-corrected chi connectivity index (χ2v) is 8.04. The zero-order valence-corrected chi connectivity index (χ0v) is 16.6. The predicted molar refractivity (Wildman–Crippen MR) is 122 cm³/mol. The van der Waals surface area contributed by atoms with E-state index in [1.54, 1.807) is 0 Å². The number of fused-ring (bicyclic) bond motifs is 1. The average Bonchev–Trinajstić information content (AvgIpc) is 2.77. The van der Waals surface area contributed by atoms with Crippen molar-refractivity contribution in [1.82, 2.24) is 0 Å². The lowest BCUT2D eigenvalue weighted by Crippen LogP contribution is -2.42. The molecule has 1 atom stereocenters. The first kappa shape index (κ1) is 16.7. The molecule has 0 aliphatic carbocycles. The highest BCUT2D eigenvalue weighted by atomic mass is 16.5. The molecule has 1 aliphatic rings. The molecule has 5 aromatic carbocycles. The second-order valence-electron chi connectivity index (χ2n) is 8.04. The third kappa shape index (κ3) is 2.49. The molecular formula is C27H23NO. The number of ether oxygens (including phenoxy) is 1. The lowest BCUT2D eigenvalue weighted by molar-refractivity contribution is 0.165. The Balaban J connectivity index is 1.60. The first-order valence-corrected chi connectivity index (χ1v) is 10.5. The molecule has 2 nitrogen and oxygen atoms in total. The van der Waals surface area contributed by atoms with Gasteiger partial charge in [-0.25, -0.2) is 0 Å². The van der Waals surface area contributed by atoms with Gasteiger partial charge in [0, 0.05) is 23.1 Å². The van der Waals surface area contributed by atoms with Gasteiger partial charge in [0.15, 0.2) is 6.23 Å². The first-order chi connectivity index (χ1) is 14.3. The molecule has 1 aliphatic heterocycles. The SMILES string of the molecule is CCCC1Oc2ccccc2CN1c1ccc2ccc3cccc4ccc1c2c34. The summed E-state index contributed by atoms with van der Waals surface area (Å²) >= 11 is 0. The van der Waals surface area contributed by atoms with Gasteiger partial charge in [-0.2, -0.15) is 0 Å². The zero-order valence-electron chi connectivity index (χ0n) is 16.6. The van der Waals surface area contributed by atoms with Crippen molar-refractivity contribution < 1.29 is 4.74 Å². The first-order valence-electron chi connectivity index (χ1n) is 10.5. The van der Waals surface area contributed by atoms with Crippen LogP contribution >= 0.6 is 0 Å². The summed E-state index contributed by atoms with van der Waals surface area (Å²) in [6.45, 7) is 3.11. The smallest absolute Gasteiger partial charge is 0.172 e. The predicted octanol–water partition coefficient (Wildman–Crippen LogP) is 7.11. The summed E-state index contributed by atoms with van der Waals surface area (Å²) in [6, 6.07) is 28.6. The maximum Gasteiger partial charge on any atom is 0.172 e. The Morgan fingerprint density at radius 2 is 1.52 bits per heavy atom. The van der Waals surface area contributed by atoms with Crippen molar-refractivity contribution in [3.8, 4) is 5.75 Å². The monoisotopic (exact) mass is 377 g/mol. The third-order valence-electron chi connectivity index (χ3n) is 6.27. The van der Waals surface area contributed by atoms with E-state index in [9.17, 15) is 0 Å². The van der Waals surface area contributed by atoms with Crippen LogP contribution in [-0.4, -0.2) is 6.23 Å². The molecule has 0 radical (unpaired) electrons. The Labute approximate surface area is 170 Å². The molecule has 6 rings (SSSR count). The molecule has 0 amide bonds. The number of hydrogen-bond acceptors (Lipinski definition) is 2. The molecule has 142 valence electrons. The minimum absolute atomic E-state index is 0.0633. The van der Waals surface area contributed by atoms with Crippen molar-refractivity contribution >= 4 is 38.0 Å². The highest BCUT2D eigenvalue weighted by molar-refractivity contribution is 6.25. The Hall–Kier alpha value is -3.26. The molecule has 29 heavy (non-hydrogen) atoms. The fourth-order valence-corrected chi connectivity index (χ4v) is 4.92. The Morgan fingerprint density at radius 3 is 2.34 bits per heavy atom. The average molecular weight is 377 g/mol. The number of para-hydroxylation sites is 1. The largest absolute Gasteiger partial charge is 0.470 e. The minimum atomic E-state index is 0.0633. The van der Waals surface area contributed by atoms with Crippen molar-refractivity contribution in [1.29, 1.82) is 0 Å². The van der Waals surface area contributed by atoms with Crippen LogP contribution in [0.5, 0.6) is 5.75 Å². The summed E-state index contributed by atoms with van der Waals surface area (Å²) < 4.78 is 6.46. The summed E-state index contributed by atoms with van der Waals surface area (Å²) in [5.41, 5.74) is 2.52. The van der Waals surface area contributed by atoms with E-state index < -0.39 is 0 Å². The molecule has 0 saturated heterocycles. The Morgan fingerprint density at radius 1 is 0.793 bits per heavy atom. The van der Waals surface area contributed by atoms with Crippen molar-refractivity contribution in [2.24, 2.45) is 0 Å². The van der Waals surface area contributed by atoms with Crippen molar-refractivity contribution in [3.05, 3.63) is 84.4 Å². The molecule has 0 spiro atoms. The van der Waals surface area contributed by atoms with Crippen LogP contribution in [0.1, 0.15) is 25.3 Å². The summed E-state index contributed by atoms with van der Waals surface area (Å²) in [5, 5.41) is 7.97. The van der Waals surface area contributed by atoms with Crippen molar-refractivity contribution in [2.45, 2.75) is 32.5 Å². The van der Waals surface area contributed by atoms with Crippen LogP contribution in [-0.2, 0) is 6.54 Å². The van der Waals surface area contributed by atoms with E-state index in [-0.39, 0.29) is 6.23 Å². The molecule has 1 heterocycles. The summed E-state index contributed by atoms with van der Waals surface area (Å²) in [4.78, 5) is 2.46. The quantitative estimate of drug-likeness (QED) is 0.311. The van der Waals surface area contributed by atoms with E-state index in [0.29, 0.717) is 0 Å². The molecule has 1 unspecified atom stereocenters. The van der Waals surface area contributed by atoms with Gasteiger partial charge in [0.2, 0.25) is 0 Å². The van der Waals surface area contributed by atoms with Gasteiger partial charge in [0.05, 0.1) is 6.54 Å². The molecule has 0 N–H and O–H groups in total. The van der Waals surface area contributed by atoms with Crippen LogP contribution in [0.4, 0.5) is 5.69 Å². The highest BCUT2D eigenvalue weighted by Gasteiger charge is 2.28. The van der Waals surface area contributed by atoms with Gasteiger partial charge in [-0.3, -0.25) is 0 Å². The van der Waals surface area contributed by atoms with Crippen LogP contribution in [0.3, 0.4) is 0 Å². The fourth-order valence-electron chi connectivity index (χ4n) is 4.92. The van der Waals surface area contributed by atoms with Crippen LogP contribution < -0.4 is 9.64 Å². The Bertz CT molecular complexity index is 1320. The van der Waals surface area contributed by atoms with Crippen molar-refractivity contribution in [3.63, 3.8) is 0 Å². The second kappa shape index (κ2) is 6.38. The zero-order chi connectivity index (χ0) is 19.4. The molecule has 2 heteroatoms. The van der Waals surface area contributed by atoms with E-state index in [2.05, 4.69) is 90.7 Å². The number of hydrogen-bond donors (Lipinski definition) is 0. The number of nitrogens with zero attached hydrogens (tertiary/aromatic N) is 1. The molecule has 0 saturated carbocycles. The normalized spacial score (nSPS) is 16.4. The van der Waals surface area contributed by atoms with Gasteiger partial charge in [0.25, 0.3) is 0 Å². The van der Waals surface area contributed by atoms with E-state index in [0.717, 1.165) is 25.1 Å². The van der Waals surface area contributed by atoms with Crippen LogP contribution in [0.25, 0.3) is 32.3 Å². The van der Waals surface area contributed by atoms with Gasteiger partial charge in [0.1, 0.15) is 5.75 Å². The molecule has 0 aromatic heterocycles. The van der Waals surface area contributed by atoms with Crippen molar-refractivity contribution in [2.75, 3.05) is 4.90 Å². The summed E-state index contributed by atoms with van der Waals surface area (Å²) in [6.07, 6.45) is 2.17. The van der Waals surface area contributed by atoms with E-state index in [4.69, 9.17) is 4.74 Å². The standard InChI is InChI=1S/C27H23NO/c1-2-6-25-28(17-21-7-3-4-10-24(21)29-25)23-16-14-20-12-11-18-8-5-9-19-13-15-22(23)27(20)26(18)19/h3-5,7-16,25H,2,6,17H2,1H3. The van der Waals surface area contributed by atoms with Crippen LogP contribution in [0.15, 0.2) is 78.9 Å². The van der Waals surface area contributed by atoms with E-state index in [1.807, 2.05) is 0 Å². The van der Waals surface area contributed by atoms with Gasteiger partial charge in [-0.1, -0.05) is 80.1 Å². The Kier molecular flexibility index (Phi) is 3.67. The summed E-state index contributed by atoms with van der Waals surface area (Å²) in [5.74, 6) is 1.03. The van der Waals surface area contributed by atoms with E-state index >= 15 is 0 Å². The lowest BCUT2D eigenvalue weighted by Gasteiger charge is -2.39. The van der Waals surface area contributed by atoms with E-state index in [1.165, 1.54) is 43.6 Å². The molecule has 5 aromatic rings. The topological polar surface area (TPSA) is 12.5 Å². The summed E-state index contributed by atoms with van der Waals surface area (Å²) in [7, 11) is 0. The molecular weight excluding hydrogens is 354 g/mol. The van der Waals surface area contributed by atoms with Gasteiger partial charge >= 0.3 is 0 Å². The molecule has 0 bridgehead atoms. The third-order valence-corrected chi connectivity index (χ3v) is 6.27. The number of anilines is 1. The van der Waals surface area contributed by atoms with Gasteiger partial charge < -0.3 is 9.64 Å². The fraction of sp³-hybridized carbons (Fsp3) is 0.185. The maximum absolute atomic E-state index is 6.46. The van der Waals surface area contributed by atoms with Gasteiger partial charge in [-0.15, -0.1) is 0 Å². The minimum Gasteiger partial charge on any atom is -0.470 e. The van der Waals surface area contributed by atoms with Crippen LogP contribution in [0.2, 0.25) is 0 Å². The lowest BCUT2D eigenvalue weighted by atomic mass is 9.93. The molecule has 0 fully saturated rings. The van der Waals surface area contributed by atoms with Gasteiger partial charge in [-0.05, 0) is 39.1 Å². The van der Waals surface area contributed by atoms with Crippen LogP contribution in [0, 0.1) is 0 Å².